The van der Waals surface area contributed by atoms with Crippen LogP contribution >= 0.6 is 12.2 Å². The van der Waals surface area contributed by atoms with Gasteiger partial charge in [0.2, 0.25) is 11.8 Å². The molecule has 0 radical (unpaired) electrons. The number of carbonyl (C=O) groups is 3. The Hall–Kier alpha value is -1.50. The number of thiocarbonyl (C=S) groups is 1. The van der Waals surface area contributed by atoms with Crippen molar-refractivity contribution in [1.82, 2.24) is 10.2 Å². The van der Waals surface area contributed by atoms with E-state index < -0.39 is 11.5 Å². The maximum absolute atomic E-state index is 12.3. The van der Waals surface area contributed by atoms with E-state index in [1.54, 1.807) is 0 Å². The fourth-order valence-corrected chi connectivity index (χ4v) is 3.05. The van der Waals surface area contributed by atoms with Crippen molar-refractivity contribution in [2.75, 3.05) is 7.05 Å². The van der Waals surface area contributed by atoms with Crippen LogP contribution in [0.2, 0.25) is 0 Å². The van der Waals surface area contributed by atoms with E-state index in [0.717, 1.165) is 4.90 Å². The Morgan fingerprint density at radius 1 is 1.47 bits per heavy atom. The molecule has 19 heavy (non-hydrogen) atoms. The minimum atomic E-state index is -0.848. The fraction of sp³-hybridized carbons (Fsp3) is 0.667. The Labute approximate surface area is 116 Å². The summed E-state index contributed by atoms with van der Waals surface area (Å²) in [6.45, 7) is 2.02. The van der Waals surface area contributed by atoms with E-state index in [2.05, 4.69) is 5.32 Å². The van der Waals surface area contributed by atoms with Gasteiger partial charge in [-0.05, 0) is 18.8 Å². The molecule has 6 nitrogen and oxygen atoms in total. The van der Waals surface area contributed by atoms with Crippen molar-refractivity contribution in [2.45, 2.75) is 32.2 Å². The van der Waals surface area contributed by atoms with Crippen LogP contribution in [-0.4, -0.2) is 40.7 Å². The molecule has 1 saturated carbocycles. The van der Waals surface area contributed by atoms with E-state index in [1.807, 2.05) is 6.92 Å². The first-order chi connectivity index (χ1) is 8.78. The molecule has 1 aliphatic heterocycles. The Morgan fingerprint density at radius 2 is 2.05 bits per heavy atom. The molecular formula is C12H17N3O3S. The molecule has 1 atom stereocenters. The van der Waals surface area contributed by atoms with Crippen LogP contribution in [0, 0.1) is 11.3 Å². The fourth-order valence-electron chi connectivity index (χ4n) is 2.79. The Balaban J connectivity index is 2.08. The summed E-state index contributed by atoms with van der Waals surface area (Å²) in [7, 11) is 1.41. The van der Waals surface area contributed by atoms with Gasteiger partial charge in [0.15, 0.2) is 0 Å². The third-order valence-corrected chi connectivity index (χ3v) is 4.38. The van der Waals surface area contributed by atoms with E-state index in [0.29, 0.717) is 18.8 Å². The highest BCUT2D eigenvalue weighted by molar-refractivity contribution is 7.80. The molecule has 0 bridgehead atoms. The molecule has 2 rings (SSSR count). The number of likely N-dealkylation sites (N-methyl/N-ethyl adjacent to an activating group) is 1. The molecule has 1 heterocycles. The maximum atomic E-state index is 12.3. The summed E-state index contributed by atoms with van der Waals surface area (Å²) in [5, 5.41) is 2.62. The number of hydrogen-bond donors (Lipinski definition) is 2. The van der Waals surface area contributed by atoms with Gasteiger partial charge in [0.1, 0.15) is 6.04 Å². The first-order valence-corrected chi connectivity index (χ1v) is 6.60. The van der Waals surface area contributed by atoms with Crippen molar-refractivity contribution < 1.29 is 14.4 Å². The van der Waals surface area contributed by atoms with Crippen molar-refractivity contribution >= 4 is 34.9 Å². The lowest BCUT2D eigenvalue weighted by atomic mass is 9.62. The minimum Gasteiger partial charge on any atom is -0.392 e. The van der Waals surface area contributed by atoms with Gasteiger partial charge < -0.3 is 11.1 Å². The van der Waals surface area contributed by atoms with Gasteiger partial charge >= 0.3 is 0 Å². The second-order valence-corrected chi connectivity index (χ2v) is 5.92. The number of carbonyl (C=O) groups excluding carboxylic acids is 3. The number of hydrogen-bond acceptors (Lipinski definition) is 4. The quantitative estimate of drug-likeness (QED) is 0.541. The lowest BCUT2D eigenvalue weighted by molar-refractivity contribution is -0.140. The summed E-state index contributed by atoms with van der Waals surface area (Å²) < 4.78 is 0. The van der Waals surface area contributed by atoms with E-state index in [9.17, 15) is 14.4 Å². The summed E-state index contributed by atoms with van der Waals surface area (Å²) in [5.41, 5.74) is 4.82. The van der Waals surface area contributed by atoms with Crippen LogP contribution in [0.4, 0.5) is 0 Å². The normalized spacial score (nSPS) is 34.1. The molecular weight excluding hydrogens is 266 g/mol. The second-order valence-electron chi connectivity index (χ2n) is 5.48. The van der Waals surface area contributed by atoms with Gasteiger partial charge in [0.05, 0.1) is 16.8 Å². The molecule has 3 N–H and O–H groups in total. The number of amides is 3. The highest BCUT2D eigenvalue weighted by Crippen LogP contribution is 2.46. The number of imide groups is 1. The molecule has 0 aromatic carbocycles. The summed E-state index contributed by atoms with van der Waals surface area (Å²) in [5.74, 6) is -0.624. The van der Waals surface area contributed by atoms with Gasteiger partial charge in [-0.2, -0.15) is 0 Å². The maximum Gasteiger partial charge on any atom is 0.252 e. The molecule has 1 saturated heterocycles. The topological polar surface area (TPSA) is 92.5 Å². The van der Waals surface area contributed by atoms with Crippen LogP contribution in [0.1, 0.15) is 26.2 Å². The van der Waals surface area contributed by atoms with Gasteiger partial charge in [-0.3, -0.25) is 19.3 Å². The van der Waals surface area contributed by atoms with Crippen LogP contribution < -0.4 is 11.1 Å². The molecule has 3 amide bonds. The van der Waals surface area contributed by atoms with Gasteiger partial charge in [-0.1, -0.05) is 19.1 Å². The van der Waals surface area contributed by atoms with E-state index in [1.165, 1.54) is 7.05 Å². The lowest BCUT2D eigenvalue weighted by Crippen LogP contribution is -2.58. The number of nitrogens with one attached hydrogen (secondary N) is 1. The smallest absolute Gasteiger partial charge is 0.252 e. The van der Waals surface area contributed by atoms with Crippen molar-refractivity contribution in [3.63, 3.8) is 0 Å². The Kier molecular flexibility index (Phi) is 3.34. The van der Waals surface area contributed by atoms with Crippen LogP contribution in [-0.2, 0) is 14.4 Å². The van der Waals surface area contributed by atoms with E-state index >= 15 is 0 Å². The van der Waals surface area contributed by atoms with Crippen LogP contribution in [0.25, 0.3) is 0 Å². The van der Waals surface area contributed by atoms with Crippen molar-refractivity contribution in [3.05, 3.63) is 0 Å². The number of rotatable bonds is 3. The second kappa shape index (κ2) is 4.56. The SMILES string of the molecule is CC1CC(C(=O)NC2CC(=O)N(C)C2=O)(C(N)=S)C1. The zero-order valence-electron chi connectivity index (χ0n) is 10.9. The first-order valence-electron chi connectivity index (χ1n) is 6.19. The van der Waals surface area contributed by atoms with Crippen LogP contribution in [0.5, 0.6) is 0 Å². The third kappa shape index (κ3) is 2.11. The predicted molar refractivity (Wildman–Crippen MR) is 71.9 cm³/mol. The average Bonchev–Trinajstić information content (AvgIpc) is 2.52. The zero-order valence-corrected chi connectivity index (χ0v) is 11.8. The monoisotopic (exact) mass is 283 g/mol. The molecule has 1 aliphatic carbocycles. The summed E-state index contributed by atoms with van der Waals surface area (Å²) >= 11 is 4.98. The Morgan fingerprint density at radius 3 is 2.42 bits per heavy atom. The van der Waals surface area contributed by atoms with Gasteiger partial charge in [-0.15, -0.1) is 0 Å². The summed E-state index contributed by atoms with van der Waals surface area (Å²) in [6, 6.07) is -0.785. The summed E-state index contributed by atoms with van der Waals surface area (Å²) in [6.07, 6.45) is 1.20. The van der Waals surface area contributed by atoms with Crippen LogP contribution in [0.3, 0.4) is 0 Å². The molecule has 1 unspecified atom stereocenters. The number of likely N-dealkylation sites (tertiary alicyclic amines) is 1. The van der Waals surface area contributed by atoms with Gasteiger partial charge in [0, 0.05) is 7.05 Å². The number of nitrogens with zero attached hydrogens (tertiary/aromatic N) is 1. The van der Waals surface area contributed by atoms with Crippen LogP contribution in [0.15, 0.2) is 0 Å². The van der Waals surface area contributed by atoms with Gasteiger partial charge in [-0.25, -0.2) is 0 Å². The molecule has 2 fully saturated rings. The first kappa shape index (κ1) is 13.9. The van der Waals surface area contributed by atoms with Gasteiger partial charge in [0.25, 0.3) is 5.91 Å². The zero-order chi connectivity index (χ0) is 14.4. The minimum absolute atomic E-state index is 0.00401. The lowest BCUT2D eigenvalue weighted by Gasteiger charge is -2.44. The number of nitrogens with two attached hydrogens (primary N) is 1. The molecule has 7 heteroatoms. The predicted octanol–water partition coefficient (Wildman–Crippen LogP) is -0.438. The van der Waals surface area contributed by atoms with Crippen molar-refractivity contribution in [3.8, 4) is 0 Å². The highest BCUT2D eigenvalue weighted by Gasteiger charge is 2.52. The average molecular weight is 283 g/mol. The highest BCUT2D eigenvalue weighted by atomic mass is 32.1. The summed E-state index contributed by atoms with van der Waals surface area (Å²) in [4.78, 5) is 36.6. The van der Waals surface area contributed by atoms with E-state index in [4.69, 9.17) is 18.0 Å². The standard InChI is InChI=1S/C12H17N3O3S/c1-6-4-12(5-6,10(13)19)11(18)14-7-3-8(16)15(2)9(7)17/h6-7H,3-5H2,1-2H3,(H2,13,19)(H,14,18). The third-order valence-electron chi connectivity index (χ3n) is 3.99. The van der Waals surface area contributed by atoms with E-state index in [-0.39, 0.29) is 29.1 Å². The molecule has 0 spiro atoms. The molecule has 0 aromatic rings. The van der Waals surface area contributed by atoms with Crippen molar-refractivity contribution in [1.29, 1.82) is 0 Å². The van der Waals surface area contributed by atoms with Crippen molar-refractivity contribution in [2.24, 2.45) is 17.1 Å². The molecule has 104 valence electrons. The molecule has 2 aliphatic rings. The molecule has 0 aromatic heterocycles. The Bertz CT molecular complexity index is 471. The largest absolute Gasteiger partial charge is 0.392 e.